The fourth-order valence-corrected chi connectivity index (χ4v) is 2.04. The third-order valence-corrected chi connectivity index (χ3v) is 3.02. The Morgan fingerprint density at radius 3 is 2.80 bits per heavy atom. The van der Waals surface area contributed by atoms with Gasteiger partial charge in [-0.1, -0.05) is 16.8 Å². The first-order valence-corrected chi connectivity index (χ1v) is 6.03. The van der Waals surface area contributed by atoms with Crippen LogP contribution in [0.15, 0.2) is 47.2 Å². The first-order chi connectivity index (χ1) is 9.65. The minimum absolute atomic E-state index is 0.146. The van der Waals surface area contributed by atoms with Gasteiger partial charge < -0.3 is 9.63 Å². The highest BCUT2D eigenvalue weighted by Crippen LogP contribution is 2.28. The third kappa shape index (κ3) is 2.17. The lowest BCUT2D eigenvalue weighted by atomic mass is 10.1. The maximum atomic E-state index is 10.8. The second-order valence-corrected chi connectivity index (χ2v) is 4.41. The number of carboxylic acid groups (broad SMARTS) is 1. The number of hydrogen-bond donors (Lipinski definition) is 1. The normalized spacial score (nSPS) is 10.7. The Balaban J connectivity index is 1.99. The Kier molecular flexibility index (Phi) is 3.00. The van der Waals surface area contributed by atoms with Crippen LogP contribution in [0.1, 0.15) is 10.5 Å². The molecular formula is C13H8ClN3O3. The molecule has 0 spiro atoms. The Hall–Kier alpha value is -2.60. The van der Waals surface area contributed by atoms with Crippen LogP contribution >= 0.6 is 11.6 Å². The molecule has 0 amide bonds. The van der Waals surface area contributed by atoms with Crippen LogP contribution in [-0.2, 0) is 0 Å². The van der Waals surface area contributed by atoms with Crippen molar-refractivity contribution < 1.29 is 14.4 Å². The van der Waals surface area contributed by atoms with E-state index in [1.807, 2.05) is 0 Å². The summed E-state index contributed by atoms with van der Waals surface area (Å²) in [7, 11) is 0. The summed E-state index contributed by atoms with van der Waals surface area (Å²) in [5.74, 6) is -0.796. The van der Waals surface area contributed by atoms with Crippen molar-refractivity contribution in [3.63, 3.8) is 0 Å². The quantitative estimate of drug-likeness (QED) is 0.802. The molecular weight excluding hydrogens is 282 g/mol. The Bertz CT molecular complexity index is 765. The van der Waals surface area contributed by atoms with Crippen LogP contribution in [0.25, 0.3) is 17.0 Å². The number of benzene rings is 1. The van der Waals surface area contributed by atoms with Gasteiger partial charge in [-0.2, -0.15) is 5.10 Å². The molecule has 3 aromatic rings. The highest BCUT2D eigenvalue weighted by Gasteiger charge is 2.13. The molecule has 1 N–H and O–H groups in total. The summed E-state index contributed by atoms with van der Waals surface area (Å²) in [4.78, 5) is 10.8. The van der Waals surface area contributed by atoms with E-state index in [0.29, 0.717) is 16.3 Å². The fourth-order valence-electron chi connectivity index (χ4n) is 1.77. The molecule has 0 saturated carbocycles. The molecule has 0 fully saturated rings. The van der Waals surface area contributed by atoms with E-state index in [1.165, 1.54) is 6.07 Å². The van der Waals surface area contributed by atoms with Gasteiger partial charge in [-0.25, -0.2) is 9.48 Å². The van der Waals surface area contributed by atoms with Gasteiger partial charge in [0.1, 0.15) is 0 Å². The van der Waals surface area contributed by atoms with Crippen LogP contribution in [0.5, 0.6) is 0 Å². The fraction of sp³-hybridized carbons (Fsp3) is 0. The van der Waals surface area contributed by atoms with Crippen molar-refractivity contribution in [3.8, 4) is 17.0 Å². The molecule has 0 atom stereocenters. The maximum absolute atomic E-state index is 10.8. The van der Waals surface area contributed by atoms with Gasteiger partial charge in [0.05, 0.1) is 10.7 Å². The molecule has 0 aliphatic rings. The van der Waals surface area contributed by atoms with Crippen LogP contribution in [0.2, 0.25) is 5.02 Å². The molecule has 20 heavy (non-hydrogen) atoms. The molecule has 7 heteroatoms. The van der Waals surface area contributed by atoms with E-state index < -0.39 is 5.97 Å². The average Bonchev–Trinajstić information content (AvgIpc) is 3.10. The summed E-state index contributed by atoms with van der Waals surface area (Å²) in [5.41, 5.74) is 1.22. The molecule has 0 aliphatic carbocycles. The molecule has 0 bridgehead atoms. The van der Waals surface area contributed by atoms with E-state index in [0.717, 1.165) is 5.69 Å². The third-order valence-electron chi connectivity index (χ3n) is 2.71. The Morgan fingerprint density at radius 1 is 1.35 bits per heavy atom. The van der Waals surface area contributed by atoms with Crippen LogP contribution in [0, 0.1) is 0 Å². The molecule has 0 aliphatic heterocycles. The van der Waals surface area contributed by atoms with Gasteiger partial charge in [-0.3, -0.25) is 0 Å². The van der Waals surface area contributed by atoms with Crippen molar-refractivity contribution in [2.24, 2.45) is 0 Å². The van der Waals surface area contributed by atoms with Crippen LogP contribution in [0.3, 0.4) is 0 Å². The monoisotopic (exact) mass is 289 g/mol. The second kappa shape index (κ2) is 4.82. The zero-order valence-electron chi connectivity index (χ0n) is 10.0. The first-order valence-electron chi connectivity index (χ1n) is 5.65. The molecule has 0 saturated heterocycles. The van der Waals surface area contributed by atoms with Crippen LogP contribution in [-0.4, -0.2) is 26.0 Å². The van der Waals surface area contributed by atoms with E-state index in [-0.39, 0.29) is 5.69 Å². The average molecular weight is 290 g/mol. The van der Waals surface area contributed by atoms with E-state index >= 15 is 0 Å². The van der Waals surface area contributed by atoms with Gasteiger partial charge in [0.2, 0.25) is 0 Å². The summed E-state index contributed by atoms with van der Waals surface area (Å²) in [5, 5.41) is 16.8. The summed E-state index contributed by atoms with van der Waals surface area (Å²) in [6.07, 6.45) is 3.43. The van der Waals surface area contributed by atoms with Gasteiger partial charge in [0.25, 0.3) is 0 Å². The van der Waals surface area contributed by atoms with Crippen molar-refractivity contribution in [1.82, 2.24) is 14.9 Å². The lowest BCUT2D eigenvalue weighted by Crippen LogP contribution is -1.95. The zero-order chi connectivity index (χ0) is 14.1. The van der Waals surface area contributed by atoms with Crippen LogP contribution < -0.4 is 0 Å². The number of aromatic carboxylic acids is 1. The lowest BCUT2D eigenvalue weighted by Gasteiger charge is -2.05. The molecule has 3 rings (SSSR count). The number of carbonyl (C=O) groups is 1. The van der Waals surface area contributed by atoms with Gasteiger partial charge >= 0.3 is 5.97 Å². The van der Waals surface area contributed by atoms with E-state index in [9.17, 15) is 4.79 Å². The zero-order valence-corrected chi connectivity index (χ0v) is 10.8. The number of carboxylic acids is 1. The van der Waals surface area contributed by atoms with Crippen LogP contribution in [0.4, 0.5) is 0 Å². The minimum atomic E-state index is -1.14. The molecule has 2 aromatic heterocycles. The van der Waals surface area contributed by atoms with Gasteiger partial charge in [-0.05, 0) is 24.3 Å². The van der Waals surface area contributed by atoms with Gasteiger partial charge in [0.15, 0.2) is 11.5 Å². The van der Waals surface area contributed by atoms with Crippen molar-refractivity contribution in [2.75, 3.05) is 0 Å². The van der Waals surface area contributed by atoms with Gasteiger partial charge in [-0.15, -0.1) is 0 Å². The minimum Gasteiger partial charge on any atom is -0.476 e. The second-order valence-electron chi connectivity index (χ2n) is 4.00. The number of nitrogens with zero attached hydrogens (tertiary/aromatic N) is 3. The summed E-state index contributed by atoms with van der Waals surface area (Å²) >= 11 is 6.20. The smallest absolute Gasteiger partial charge is 0.358 e. The number of halogens is 1. The van der Waals surface area contributed by atoms with Crippen molar-refractivity contribution in [1.29, 1.82) is 0 Å². The highest BCUT2D eigenvalue weighted by molar-refractivity contribution is 6.32. The topological polar surface area (TPSA) is 81.1 Å². The molecule has 100 valence electrons. The van der Waals surface area contributed by atoms with Crippen molar-refractivity contribution in [2.45, 2.75) is 0 Å². The van der Waals surface area contributed by atoms with E-state index in [4.69, 9.17) is 21.2 Å². The Labute approximate surface area is 118 Å². The molecule has 2 heterocycles. The summed E-state index contributed by atoms with van der Waals surface area (Å²) in [6.45, 7) is 0. The predicted octanol–water partition coefficient (Wildman–Crippen LogP) is 2.88. The lowest BCUT2D eigenvalue weighted by molar-refractivity contribution is 0.0686. The maximum Gasteiger partial charge on any atom is 0.358 e. The highest BCUT2D eigenvalue weighted by atomic mass is 35.5. The summed E-state index contributed by atoms with van der Waals surface area (Å²) < 4.78 is 6.62. The molecule has 1 aromatic carbocycles. The number of rotatable bonds is 3. The van der Waals surface area contributed by atoms with E-state index in [2.05, 4.69) is 10.3 Å². The largest absolute Gasteiger partial charge is 0.476 e. The number of hydrogen-bond acceptors (Lipinski definition) is 4. The Morgan fingerprint density at radius 2 is 2.20 bits per heavy atom. The summed E-state index contributed by atoms with van der Waals surface area (Å²) in [6, 6.07) is 8.34. The van der Waals surface area contributed by atoms with Gasteiger partial charge in [0, 0.05) is 24.0 Å². The first kappa shape index (κ1) is 12.4. The molecule has 6 nitrogen and oxygen atoms in total. The number of aromatic nitrogens is 3. The standard InChI is InChI=1S/C13H8ClN3O3/c14-9-6-8(12-7-10(13(18)19)16-20-12)2-3-11(9)17-5-1-4-15-17/h1-7H,(H,18,19). The van der Waals surface area contributed by atoms with Crippen molar-refractivity contribution >= 4 is 17.6 Å². The predicted molar refractivity (Wildman–Crippen MR) is 71.0 cm³/mol. The van der Waals surface area contributed by atoms with Crippen molar-refractivity contribution in [3.05, 3.63) is 53.4 Å². The molecule has 0 radical (unpaired) electrons. The SMILES string of the molecule is O=C(O)c1cc(-c2ccc(-n3cccn3)c(Cl)c2)on1. The molecule has 0 unspecified atom stereocenters. The van der Waals surface area contributed by atoms with E-state index in [1.54, 1.807) is 41.3 Å².